The number of hydrogen-bond acceptors (Lipinski definition) is 10. The van der Waals surface area contributed by atoms with Crippen molar-refractivity contribution >= 4 is 11.9 Å². The number of rotatable bonds is 40. The molecular weight excluding hydrogens is 773 g/mol. The summed E-state index contributed by atoms with van der Waals surface area (Å²) in [6.45, 7) is 3.26. The van der Waals surface area contributed by atoms with Gasteiger partial charge in [0.05, 0.1) is 13.2 Å². The zero-order valence-electron chi connectivity index (χ0n) is 38.4. The number of unbranched alkanes of at least 4 members (excludes halogenated alkanes) is 21. The summed E-state index contributed by atoms with van der Waals surface area (Å²) < 4.78 is 22.2. The van der Waals surface area contributed by atoms with Gasteiger partial charge in [-0.2, -0.15) is 0 Å². The molecule has 1 aliphatic rings. The van der Waals surface area contributed by atoms with Crippen molar-refractivity contribution in [1.29, 1.82) is 0 Å². The summed E-state index contributed by atoms with van der Waals surface area (Å²) in [7, 11) is 0. The van der Waals surface area contributed by atoms with Crippen LogP contribution in [-0.4, -0.2) is 89.0 Å². The van der Waals surface area contributed by atoms with Crippen molar-refractivity contribution in [2.45, 2.75) is 230 Å². The van der Waals surface area contributed by atoms with Gasteiger partial charge >= 0.3 is 11.9 Å². The van der Waals surface area contributed by atoms with E-state index in [0.29, 0.717) is 12.8 Å². The maximum atomic E-state index is 12.8. The second-order valence-electron chi connectivity index (χ2n) is 16.6. The summed E-state index contributed by atoms with van der Waals surface area (Å²) in [4.78, 5) is 25.4. The average molecular weight is 861 g/mol. The van der Waals surface area contributed by atoms with Crippen LogP contribution in [0.5, 0.6) is 0 Å². The minimum Gasteiger partial charge on any atom is -0.462 e. The molecule has 0 amide bonds. The van der Waals surface area contributed by atoms with Gasteiger partial charge in [-0.05, 0) is 64.2 Å². The van der Waals surface area contributed by atoms with Crippen molar-refractivity contribution in [3.63, 3.8) is 0 Å². The van der Waals surface area contributed by atoms with Crippen LogP contribution in [0.1, 0.15) is 194 Å². The number of hydrogen-bond donors (Lipinski definition) is 4. The van der Waals surface area contributed by atoms with E-state index in [4.69, 9.17) is 18.9 Å². The van der Waals surface area contributed by atoms with Crippen molar-refractivity contribution in [1.82, 2.24) is 0 Å². The van der Waals surface area contributed by atoms with E-state index in [1.807, 2.05) is 18.2 Å². The molecule has 1 rings (SSSR count). The predicted molar refractivity (Wildman–Crippen MR) is 247 cm³/mol. The van der Waals surface area contributed by atoms with Gasteiger partial charge < -0.3 is 39.4 Å². The molecule has 1 fully saturated rings. The number of ether oxygens (including phenoxy) is 4. The zero-order valence-corrected chi connectivity index (χ0v) is 38.4. The molecule has 1 aliphatic heterocycles. The Bertz CT molecular complexity index is 1180. The molecule has 0 spiro atoms. The van der Waals surface area contributed by atoms with E-state index in [1.54, 1.807) is 0 Å². The maximum Gasteiger partial charge on any atom is 0.306 e. The molecule has 10 heteroatoms. The van der Waals surface area contributed by atoms with Crippen LogP contribution < -0.4 is 0 Å². The number of esters is 2. The molecule has 0 saturated carbocycles. The van der Waals surface area contributed by atoms with Gasteiger partial charge in [-0.3, -0.25) is 9.59 Å². The second kappa shape index (κ2) is 41.4. The monoisotopic (exact) mass is 861 g/mol. The van der Waals surface area contributed by atoms with E-state index in [0.717, 1.165) is 70.6 Å². The van der Waals surface area contributed by atoms with Crippen LogP contribution in [-0.2, 0) is 28.5 Å². The Balaban J connectivity index is 2.27. The fourth-order valence-corrected chi connectivity index (χ4v) is 7.10. The number of aliphatic hydroxyl groups excluding tert-OH is 4. The molecule has 352 valence electrons. The minimum absolute atomic E-state index is 0.203. The Morgan fingerprint density at radius 2 is 1.03 bits per heavy atom. The lowest BCUT2D eigenvalue weighted by Gasteiger charge is -2.39. The molecule has 10 nitrogen and oxygen atoms in total. The van der Waals surface area contributed by atoms with Crippen molar-refractivity contribution in [3.05, 3.63) is 60.8 Å². The Labute approximate surface area is 370 Å². The van der Waals surface area contributed by atoms with Crippen molar-refractivity contribution < 1.29 is 49.0 Å². The van der Waals surface area contributed by atoms with E-state index >= 15 is 0 Å². The number of carbonyl (C=O) groups is 2. The van der Waals surface area contributed by atoms with Gasteiger partial charge in [-0.25, -0.2) is 0 Å². The SMILES string of the molecule is CC/C=C/C=C/C=C/CCCCCCCC(=O)OC(COC(=O)CCCCCCCCC/C=C/C/C=C/CCCCCCCCCCC)CO[C@H]1O[C@@H](CO)[C@@H](O)C(O)C1O. The third-order valence-electron chi connectivity index (χ3n) is 10.9. The molecular formula is C51H88O10. The largest absolute Gasteiger partial charge is 0.462 e. The highest BCUT2D eigenvalue weighted by Crippen LogP contribution is 2.23. The first-order chi connectivity index (χ1) is 29.8. The fourth-order valence-electron chi connectivity index (χ4n) is 7.10. The van der Waals surface area contributed by atoms with Gasteiger partial charge in [-0.15, -0.1) is 0 Å². The Kier molecular flexibility index (Phi) is 38.3. The van der Waals surface area contributed by atoms with E-state index in [-0.39, 0.29) is 26.1 Å². The molecule has 1 heterocycles. The van der Waals surface area contributed by atoms with Crippen LogP contribution >= 0.6 is 0 Å². The summed E-state index contributed by atoms with van der Waals surface area (Å²) in [6, 6.07) is 0. The van der Waals surface area contributed by atoms with Crippen molar-refractivity contribution in [2.75, 3.05) is 19.8 Å². The van der Waals surface area contributed by atoms with Crippen LogP contribution in [0.3, 0.4) is 0 Å². The summed E-state index contributed by atoms with van der Waals surface area (Å²) in [5.74, 6) is -0.841. The lowest BCUT2D eigenvalue weighted by molar-refractivity contribution is -0.305. The second-order valence-corrected chi connectivity index (χ2v) is 16.6. The van der Waals surface area contributed by atoms with Gasteiger partial charge in [0, 0.05) is 12.8 Å². The van der Waals surface area contributed by atoms with Crippen LogP contribution in [0.4, 0.5) is 0 Å². The van der Waals surface area contributed by atoms with Gasteiger partial charge in [0.2, 0.25) is 0 Å². The Hall–Kier alpha value is -2.60. The molecule has 0 aliphatic carbocycles. The summed E-state index contributed by atoms with van der Waals surface area (Å²) in [5, 5.41) is 40.1. The molecule has 4 N–H and O–H groups in total. The van der Waals surface area contributed by atoms with E-state index in [1.165, 1.54) is 83.5 Å². The standard InChI is InChI=1S/C51H88O10/c1-3-5-7-9-11-13-15-17-18-19-20-21-22-23-24-25-26-28-29-31-33-35-37-39-46(53)58-42-44(43-59-51-50(57)49(56)48(55)45(41-52)61-51)60-47(54)40-38-36-34-32-30-27-16-14-12-10-8-6-4-2/h6,8,10,12,14,16,20-21,23-24,44-45,48-52,55-57H,3-5,7,9,11,13,15,17-19,22,25-43H2,1-2H3/b8-6+,12-10+,16-14+,21-20+,24-23+/t44?,45-,48+,49?,50?,51-/m0/s1. The molecule has 1 saturated heterocycles. The van der Waals surface area contributed by atoms with Crippen LogP contribution in [0.2, 0.25) is 0 Å². The quantitative estimate of drug-likeness (QED) is 0.0203. The van der Waals surface area contributed by atoms with Gasteiger partial charge in [0.25, 0.3) is 0 Å². The molecule has 0 aromatic carbocycles. The van der Waals surface area contributed by atoms with Crippen molar-refractivity contribution in [3.8, 4) is 0 Å². The van der Waals surface area contributed by atoms with E-state index in [9.17, 15) is 30.0 Å². The molecule has 0 aromatic heterocycles. The highest BCUT2D eigenvalue weighted by molar-refractivity contribution is 5.70. The van der Waals surface area contributed by atoms with Gasteiger partial charge in [0.1, 0.15) is 31.0 Å². The lowest BCUT2D eigenvalue weighted by atomic mass is 9.99. The number of carbonyl (C=O) groups excluding carboxylic acids is 2. The third kappa shape index (κ3) is 32.7. The normalized spacial score (nSPS) is 20.3. The first-order valence-electron chi connectivity index (χ1n) is 24.4. The molecule has 3 unspecified atom stereocenters. The molecule has 6 atom stereocenters. The molecule has 0 aromatic rings. The van der Waals surface area contributed by atoms with E-state index < -0.39 is 55.4 Å². The first-order valence-corrected chi connectivity index (χ1v) is 24.4. The highest BCUT2D eigenvalue weighted by Gasteiger charge is 2.44. The minimum atomic E-state index is -1.60. The van der Waals surface area contributed by atoms with Crippen molar-refractivity contribution in [2.24, 2.45) is 0 Å². The fraction of sp³-hybridized carbons (Fsp3) is 0.765. The molecule has 61 heavy (non-hydrogen) atoms. The lowest BCUT2D eigenvalue weighted by Crippen LogP contribution is -2.59. The number of aliphatic hydroxyl groups is 4. The highest BCUT2D eigenvalue weighted by atomic mass is 16.7. The Morgan fingerprint density at radius 1 is 0.541 bits per heavy atom. The van der Waals surface area contributed by atoms with Gasteiger partial charge in [0.15, 0.2) is 12.4 Å². The average Bonchev–Trinajstić information content (AvgIpc) is 3.26. The van der Waals surface area contributed by atoms with Crippen LogP contribution in [0.25, 0.3) is 0 Å². The first kappa shape index (κ1) is 56.4. The smallest absolute Gasteiger partial charge is 0.306 e. The summed E-state index contributed by atoms with van der Waals surface area (Å²) >= 11 is 0. The third-order valence-corrected chi connectivity index (χ3v) is 10.9. The summed E-state index contributed by atoms with van der Waals surface area (Å²) in [5.41, 5.74) is 0. The number of allylic oxidation sites excluding steroid dienone is 10. The molecule has 0 radical (unpaired) electrons. The summed E-state index contributed by atoms with van der Waals surface area (Å²) in [6.07, 6.45) is 43.8. The van der Waals surface area contributed by atoms with Crippen LogP contribution in [0, 0.1) is 0 Å². The van der Waals surface area contributed by atoms with Crippen LogP contribution in [0.15, 0.2) is 60.8 Å². The van der Waals surface area contributed by atoms with Gasteiger partial charge in [-0.1, -0.05) is 177 Å². The Morgan fingerprint density at radius 3 is 1.57 bits per heavy atom. The molecule has 0 bridgehead atoms. The zero-order chi connectivity index (χ0) is 44.4. The maximum absolute atomic E-state index is 12.8. The van der Waals surface area contributed by atoms with E-state index in [2.05, 4.69) is 56.4 Å². The predicted octanol–water partition coefficient (Wildman–Crippen LogP) is 11.0. The topological polar surface area (TPSA) is 152 Å².